The Morgan fingerprint density at radius 3 is 2.62 bits per heavy atom. The molecule has 0 aliphatic heterocycles. The van der Waals surface area contributed by atoms with Crippen molar-refractivity contribution in [2.75, 3.05) is 31.4 Å². The van der Waals surface area contributed by atoms with Crippen LogP contribution in [0, 0.1) is 0 Å². The number of ether oxygens (including phenoxy) is 2. The van der Waals surface area contributed by atoms with Gasteiger partial charge in [-0.15, -0.1) is 5.10 Å². The van der Waals surface area contributed by atoms with Crippen LogP contribution in [0.3, 0.4) is 0 Å². The van der Waals surface area contributed by atoms with E-state index in [9.17, 15) is 4.79 Å². The van der Waals surface area contributed by atoms with Crippen LogP contribution in [-0.2, 0) is 4.79 Å². The first-order valence-corrected chi connectivity index (χ1v) is 9.32. The zero-order valence-electron chi connectivity index (χ0n) is 16.3. The second kappa shape index (κ2) is 8.17. The third-order valence-corrected chi connectivity index (χ3v) is 4.66. The van der Waals surface area contributed by atoms with Gasteiger partial charge in [0.05, 0.1) is 32.5 Å². The topological polar surface area (TPSA) is 103 Å². The fraction of sp³-hybridized carbons (Fsp3) is 0.300. The Balaban J connectivity index is 1.35. The highest BCUT2D eigenvalue weighted by Gasteiger charge is 2.28. The zero-order valence-corrected chi connectivity index (χ0v) is 16.3. The molecular formula is C20H22N6O3. The molecule has 0 unspecified atom stereocenters. The van der Waals surface area contributed by atoms with E-state index in [1.807, 2.05) is 28.9 Å². The lowest BCUT2D eigenvalue weighted by molar-refractivity contribution is -0.114. The van der Waals surface area contributed by atoms with Crippen molar-refractivity contribution in [1.82, 2.24) is 20.2 Å². The molecule has 3 aromatic rings. The minimum absolute atomic E-state index is 0.119. The maximum atomic E-state index is 12.3. The number of benzene rings is 2. The van der Waals surface area contributed by atoms with Crippen LogP contribution in [0.2, 0.25) is 0 Å². The van der Waals surface area contributed by atoms with Crippen LogP contribution in [0.4, 0.5) is 11.4 Å². The maximum absolute atomic E-state index is 12.3. The van der Waals surface area contributed by atoms with Crippen LogP contribution >= 0.6 is 0 Å². The number of aromatic nitrogens is 4. The van der Waals surface area contributed by atoms with Crippen molar-refractivity contribution in [3.63, 3.8) is 0 Å². The van der Waals surface area contributed by atoms with E-state index < -0.39 is 0 Å². The number of amides is 1. The average molecular weight is 394 g/mol. The summed E-state index contributed by atoms with van der Waals surface area (Å²) in [5, 5.41) is 17.9. The van der Waals surface area contributed by atoms with Crippen LogP contribution in [0.1, 0.15) is 18.9 Å². The molecule has 1 fully saturated rings. The lowest BCUT2D eigenvalue weighted by Gasteiger charge is -2.12. The number of nitrogens with one attached hydrogen (secondary N) is 2. The Morgan fingerprint density at radius 1 is 1.14 bits per heavy atom. The van der Waals surface area contributed by atoms with Crippen LogP contribution in [0.25, 0.3) is 11.4 Å². The predicted molar refractivity (Wildman–Crippen MR) is 108 cm³/mol. The summed E-state index contributed by atoms with van der Waals surface area (Å²) in [6.07, 6.45) is 2.23. The van der Waals surface area contributed by atoms with E-state index >= 15 is 0 Å². The Labute approximate surface area is 168 Å². The number of rotatable bonds is 8. The van der Waals surface area contributed by atoms with E-state index in [2.05, 4.69) is 26.2 Å². The fourth-order valence-corrected chi connectivity index (χ4v) is 2.96. The number of hydrogen-bond acceptors (Lipinski definition) is 7. The summed E-state index contributed by atoms with van der Waals surface area (Å²) in [4.78, 5) is 12.3. The summed E-state index contributed by atoms with van der Waals surface area (Å²) in [5.74, 6) is 1.78. The number of methoxy groups -OCH3 is 2. The number of tetrazole rings is 1. The number of carbonyl (C=O) groups excluding carboxylic acids is 1. The summed E-state index contributed by atoms with van der Waals surface area (Å²) < 4.78 is 12.3. The molecule has 0 atom stereocenters. The van der Waals surface area contributed by atoms with Gasteiger partial charge in [0.15, 0.2) is 5.82 Å². The van der Waals surface area contributed by atoms with Crippen molar-refractivity contribution in [3.05, 3.63) is 42.5 Å². The molecule has 1 heterocycles. The minimum atomic E-state index is -0.185. The van der Waals surface area contributed by atoms with Gasteiger partial charge in [0.1, 0.15) is 11.5 Å². The molecule has 29 heavy (non-hydrogen) atoms. The smallest absolute Gasteiger partial charge is 0.243 e. The molecule has 2 N–H and O–H groups in total. The minimum Gasteiger partial charge on any atom is -0.497 e. The molecule has 9 heteroatoms. The first-order valence-electron chi connectivity index (χ1n) is 9.32. The lowest BCUT2D eigenvalue weighted by atomic mass is 10.2. The van der Waals surface area contributed by atoms with Crippen molar-refractivity contribution >= 4 is 17.3 Å². The maximum Gasteiger partial charge on any atom is 0.243 e. The summed E-state index contributed by atoms with van der Waals surface area (Å²) in [6.45, 7) is 0.119. The lowest BCUT2D eigenvalue weighted by Crippen LogP contribution is -2.22. The normalized spacial score (nSPS) is 13.0. The van der Waals surface area contributed by atoms with E-state index in [1.165, 1.54) is 0 Å². The highest BCUT2D eigenvalue weighted by atomic mass is 16.5. The Bertz CT molecular complexity index is 998. The van der Waals surface area contributed by atoms with E-state index in [0.29, 0.717) is 23.2 Å². The van der Waals surface area contributed by atoms with Crippen molar-refractivity contribution in [2.24, 2.45) is 0 Å². The monoisotopic (exact) mass is 394 g/mol. The molecule has 9 nitrogen and oxygen atoms in total. The second-order valence-electron chi connectivity index (χ2n) is 6.72. The van der Waals surface area contributed by atoms with E-state index in [4.69, 9.17) is 9.47 Å². The summed E-state index contributed by atoms with van der Waals surface area (Å²) in [7, 11) is 3.12. The molecular weight excluding hydrogens is 372 g/mol. The van der Waals surface area contributed by atoms with Gasteiger partial charge in [0.2, 0.25) is 5.91 Å². The van der Waals surface area contributed by atoms with E-state index in [0.717, 1.165) is 29.9 Å². The Kier molecular flexibility index (Phi) is 5.28. The first-order chi connectivity index (χ1) is 14.2. The fourth-order valence-electron chi connectivity index (χ4n) is 2.96. The number of anilines is 2. The Morgan fingerprint density at radius 2 is 1.93 bits per heavy atom. The molecule has 2 aromatic carbocycles. The molecule has 0 radical (unpaired) electrons. The van der Waals surface area contributed by atoms with Crippen LogP contribution in [-0.4, -0.2) is 46.9 Å². The highest BCUT2D eigenvalue weighted by Crippen LogP contribution is 2.36. The third kappa shape index (κ3) is 4.29. The molecule has 1 aliphatic carbocycles. The third-order valence-electron chi connectivity index (χ3n) is 4.66. The summed E-state index contributed by atoms with van der Waals surface area (Å²) >= 11 is 0. The zero-order chi connectivity index (χ0) is 20.2. The van der Waals surface area contributed by atoms with Crippen molar-refractivity contribution in [1.29, 1.82) is 0 Å². The van der Waals surface area contributed by atoms with Crippen LogP contribution < -0.4 is 20.1 Å². The van der Waals surface area contributed by atoms with Crippen LogP contribution in [0.5, 0.6) is 11.5 Å². The number of carbonyl (C=O) groups is 1. The van der Waals surface area contributed by atoms with Crippen molar-refractivity contribution < 1.29 is 14.3 Å². The largest absolute Gasteiger partial charge is 0.497 e. The van der Waals surface area contributed by atoms with E-state index in [1.54, 1.807) is 32.4 Å². The van der Waals surface area contributed by atoms with Gasteiger partial charge in [-0.05, 0) is 59.7 Å². The summed E-state index contributed by atoms with van der Waals surface area (Å²) in [6, 6.07) is 13.3. The van der Waals surface area contributed by atoms with E-state index in [-0.39, 0.29) is 12.5 Å². The molecule has 150 valence electrons. The predicted octanol–water partition coefficient (Wildman–Crippen LogP) is 2.74. The molecule has 0 spiro atoms. The van der Waals surface area contributed by atoms with Gasteiger partial charge in [-0.3, -0.25) is 4.79 Å². The van der Waals surface area contributed by atoms with Gasteiger partial charge in [-0.25, -0.2) is 4.68 Å². The average Bonchev–Trinajstić information content (AvgIpc) is 3.49. The van der Waals surface area contributed by atoms with Gasteiger partial charge in [0, 0.05) is 17.3 Å². The highest BCUT2D eigenvalue weighted by molar-refractivity contribution is 5.95. The van der Waals surface area contributed by atoms with Crippen molar-refractivity contribution in [3.8, 4) is 22.9 Å². The molecule has 1 saturated carbocycles. The second-order valence-corrected chi connectivity index (χ2v) is 6.72. The molecule has 1 amide bonds. The number of hydrogen-bond donors (Lipinski definition) is 2. The number of nitrogens with zero attached hydrogens (tertiary/aromatic N) is 4. The van der Waals surface area contributed by atoms with Gasteiger partial charge >= 0.3 is 0 Å². The molecule has 0 bridgehead atoms. The quantitative estimate of drug-likeness (QED) is 0.605. The first kappa shape index (κ1) is 18.7. The van der Waals surface area contributed by atoms with Gasteiger partial charge in [-0.2, -0.15) is 0 Å². The SMILES string of the molecule is COc1ccc(NC(=O)CNc2ccc(-c3nnnn3C3CC3)cc2)c(OC)c1. The molecule has 0 saturated heterocycles. The molecule has 1 aromatic heterocycles. The van der Waals surface area contributed by atoms with Crippen molar-refractivity contribution in [2.45, 2.75) is 18.9 Å². The standard InChI is InChI=1S/C20H22N6O3/c1-28-16-9-10-17(18(11-16)29-2)22-19(27)12-21-14-5-3-13(4-6-14)20-23-24-25-26(20)15-7-8-15/h3-6,9-11,15,21H,7-8,12H2,1-2H3,(H,22,27). The van der Waals surface area contributed by atoms with Gasteiger partial charge in [0.25, 0.3) is 0 Å². The van der Waals surface area contributed by atoms with Crippen LogP contribution in [0.15, 0.2) is 42.5 Å². The summed E-state index contributed by atoms with van der Waals surface area (Å²) in [5.41, 5.74) is 2.36. The van der Waals surface area contributed by atoms with Gasteiger partial charge < -0.3 is 20.1 Å². The molecule has 4 rings (SSSR count). The Hall–Kier alpha value is -3.62. The van der Waals surface area contributed by atoms with Gasteiger partial charge in [-0.1, -0.05) is 0 Å². The molecule has 1 aliphatic rings.